The van der Waals surface area contributed by atoms with Crippen molar-refractivity contribution in [2.24, 2.45) is 0 Å². The van der Waals surface area contributed by atoms with Crippen LogP contribution in [-0.2, 0) is 27.1 Å². The quantitative estimate of drug-likeness (QED) is 0.164. The fourth-order valence-electron chi connectivity index (χ4n) is 11.4. The third kappa shape index (κ3) is 7.28. The van der Waals surface area contributed by atoms with Crippen LogP contribution < -0.4 is 30.2 Å². The van der Waals surface area contributed by atoms with E-state index < -0.39 is 0 Å². The van der Waals surface area contributed by atoms with E-state index in [4.69, 9.17) is 4.74 Å². The molecular weight excluding hydrogens is 856 g/mol. The molecule has 0 unspecified atom stereocenters. The second-order valence-corrected chi connectivity index (χ2v) is 25.9. The van der Waals surface area contributed by atoms with E-state index in [0.717, 1.165) is 28.6 Å². The summed E-state index contributed by atoms with van der Waals surface area (Å²) in [7, 11) is 0. The molecule has 0 fully saturated rings. The normalized spacial score (nSPS) is 14.8. The predicted octanol–water partition coefficient (Wildman–Crippen LogP) is 16.6. The lowest BCUT2D eigenvalue weighted by Crippen LogP contribution is -2.58. The molecule has 2 aliphatic heterocycles. The van der Waals surface area contributed by atoms with Crippen LogP contribution in [-0.4, -0.2) is 6.71 Å². The second-order valence-electron chi connectivity index (χ2n) is 24.8. The molecule has 348 valence electrons. The van der Waals surface area contributed by atoms with Gasteiger partial charge in [0.25, 0.3) is 6.71 Å². The second kappa shape index (κ2) is 15.2. The van der Waals surface area contributed by atoms with Crippen molar-refractivity contribution in [2.45, 2.75) is 131 Å². The van der Waals surface area contributed by atoms with Crippen LogP contribution in [0, 0.1) is 6.92 Å². The minimum atomic E-state index is -0.276. The zero-order valence-electron chi connectivity index (χ0n) is 43.5. The summed E-state index contributed by atoms with van der Waals surface area (Å²) in [6.07, 6.45) is 0. The van der Waals surface area contributed by atoms with E-state index in [2.05, 4.69) is 247 Å². The van der Waals surface area contributed by atoms with Crippen molar-refractivity contribution in [1.29, 1.82) is 0 Å². The number of fused-ring (bicyclic) bond motifs is 9. The van der Waals surface area contributed by atoms with Gasteiger partial charge in [-0.3, -0.25) is 0 Å². The fraction of sp³-hybridized carbons (Fsp3) is 0.312. The molecule has 3 nitrogen and oxygen atoms in total. The Morgan fingerprint density at radius 1 is 0.565 bits per heavy atom. The van der Waals surface area contributed by atoms with Gasteiger partial charge in [-0.15, -0.1) is 11.3 Å². The first-order chi connectivity index (χ1) is 32.4. The molecule has 69 heavy (non-hydrogen) atoms. The maximum absolute atomic E-state index is 7.29. The van der Waals surface area contributed by atoms with E-state index in [1.807, 2.05) is 11.3 Å². The maximum atomic E-state index is 7.29. The molecule has 7 aromatic carbocycles. The third-order valence-corrected chi connectivity index (χ3v) is 16.6. The summed E-state index contributed by atoms with van der Waals surface area (Å²) >= 11 is 1.90. The molecule has 3 heterocycles. The van der Waals surface area contributed by atoms with Crippen molar-refractivity contribution in [1.82, 2.24) is 0 Å². The number of hydrogen-bond donors (Lipinski definition) is 0. The van der Waals surface area contributed by atoms with E-state index in [-0.39, 0.29) is 33.8 Å². The Morgan fingerprint density at radius 2 is 1.13 bits per heavy atom. The smallest absolute Gasteiger partial charge is 0.268 e. The Balaban J connectivity index is 1.21. The minimum absolute atomic E-state index is 0.0103. The Morgan fingerprint density at radius 3 is 1.74 bits per heavy atom. The van der Waals surface area contributed by atoms with Crippen molar-refractivity contribution < 1.29 is 4.74 Å². The summed E-state index contributed by atoms with van der Waals surface area (Å²) < 4.78 is 9.85. The number of hydrogen-bond acceptors (Lipinski definition) is 4. The van der Waals surface area contributed by atoms with Crippen molar-refractivity contribution >= 4 is 78.0 Å². The highest BCUT2D eigenvalue weighted by atomic mass is 32.1. The van der Waals surface area contributed by atoms with E-state index >= 15 is 0 Å². The van der Waals surface area contributed by atoms with Crippen LogP contribution in [0.3, 0.4) is 0 Å². The zero-order valence-corrected chi connectivity index (χ0v) is 44.3. The topological polar surface area (TPSA) is 15.7 Å². The van der Waals surface area contributed by atoms with E-state index in [1.54, 1.807) is 0 Å². The molecule has 0 atom stereocenters. The van der Waals surface area contributed by atoms with Crippen molar-refractivity contribution in [3.63, 3.8) is 0 Å². The van der Waals surface area contributed by atoms with Gasteiger partial charge in [0.1, 0.15) is 11.5 Å². The number of nitrogens with zero attached hydrogens (tertiary/aromatic N) is 2. The summed E-state index contributed by atoms with van der Waals surface area (Å²) in [6.45, 7) is 34.8. The van der Waals surface area contributed by atoms with Gasteiger partial charge in [-0.25, -0.2) is 0 Å². The number of benzene rings is 7. The molecule has 0 saturated carbocycles. The number of thiophene rings is 1. The van der Waals surface area contributed by atoms with Gasteiger partial charge in [0.2, 0.25) is 0 Å². The molecule has 8 aromatic rings. The fourth-order valence-corrected chi connectivity index (χ4v) is 12.6. The van der Waals surface area contributed by atoms with Crippen LogP contribution in [0.1, 0.15) is 136 Å². The first kappa shape index (κ1) is 45.4. The van der Waals surface area contributed by atoms with Gasteiger partial charge in [0, 0.05) is 48.7 Å². The minimum Gasteiger partial charge on any atom is -0.457 e. The van der Waals surface area contributed by atoms with E-state index in [0.29, 0.717) is 0 Å². The Bertz CT molecular complexity index is 3320. The van der Waals surface area contributed by atoms with Crippen LogP contribution in [0.4, 0.5) is 34.1 Å². The van der Waals surface area contributed by atoms with Crippen molar-refractivity contribution in [2.75, 3.05) is 9.80 Å². The highest BCUT2D eigenvalue weighted by Gasteiger charge is 2.46. The Labute approximate surface area is 416 Å². The first-order valence-corrected chi connectivity index (χ1v) is 25.8. The summed E-state index contributed by atoms with van der Waals surface area (Å²) in [6, 6.07) is 51.8. The van der Waals surface area contributed by atoms with Crippen LogP contribution in [0.25, 0.3) is 21.2 Å². The van der Waals surface area contributed by atoms with E-state index in [1.165, 1.54) is 92.9 Å². The molecule has 5 heteroatoms. The van der Waals surface area contributed by atoms with Gasteiger partial charge in [-0.1, -0.05) is 164 Å². The third-order valence-electron chi connectivity index (χ3n) is 15.3. The van der Waals surface area contributed by atoms with E-state index in [9.17, 15) is 0 Å². The molecule has 11 rings (SSSR count). The van der Waals surface area contributed by atoms with Gasteiger partial charge in [0.15, 0.2) is 0 Å². The number of rotatable bonds is 4. The maximum Gasteiger partial charge on any atom is 0.268 e. The van der Waals surface area contributed by atoms with Crippen LogP contribution in [0.15, 0.2) is 133 Å². The molecule has 0 amide bonds. The van der Waals surface area contributed by atoms with Gasteiger partial charge in [-0.2, -0.15) is 0 Å². The lowest BCUT2D eigenvalue weighted by atomic mass is 9.36. The molecule has 0 spiro atoms. The molecule has 1 aromatic heterocycles. The van der Waals surface area contributed by atoms with Crippen molar-refractivity contribution in [3.05, 3.63) is 172 Å². The summed E-state index contributed by atoms with van der Waals surface area (Å²) in [4.78, 5) is 5.11. The lowest BCUT2D eigenvalue weighted by molar-refractivity contribution is 0.494. The largest absolute Gasteiger partial charge is 0.457 e. The number of anilines is 6. The first-order valence-electron chi connectivity index (χ1n) is 25.0. The molecule has 3 aliphatic rings. The standard InChI is InChI=1S/C64H67BN2OS/c1-38-32-53-57-54(33-38)68-58-48-34-41(62(8,9)10)25-31-55(48)69-59(58)65(57)50-35-42(63(11,12)13)24-30-51(50)67(53)45-36-47-46-18-16-17-19-49(46)64(14,15)56(47)52(37-45)66(43-26-20-39(21-27-43)60(2,3)4)44-28-22-40(23-29-44)61(5,6)7/h16-37H,1-15H3. The molecule has 0 radical (unpaired) electrons. The van der Waals surface area contributed by atoms with Gasteiger partial charge in [0.05, 0.1) is 5.69 Å². The van der Waals surface area contributed by atoms with Crippen LogP contribution >= 0.6 is 11.3 Å². The highest BCUT2D eigenvalue weighted by molar-refractivity contribution is 7.33. The summed E-state index contributed by atoms with van der Waals surface area (Å²) in [5.41, 5.74) is 21.0. The van der Waals surface area contributed by atoms with Gasteiger partial charge >= 0.3 is 0 Å². The van der Waals surface area contributed by atoms with Gasteiger partial charge < -0.3 is 14.5 Å². The van der Waals surface area contributed by atoms with Gasteiger partial charge in [-0.05, 0) is 156 Å². The van der Waals surface area contributed by atoms with Crippen molar-refractivity contribution in [3.8, 4) is 22.6 Å². The summed E-state index contributed by atoms with van der Waals surface area (Å²) in [5, 5.41) is 1.21. The molecule has 0 saturated heterocycles. The Hall–Kier alpha value is -6.04. The number of ether oxygens (including phenoxy) is 1. The molecule has 0 N–H and O–H groups in total. The average molecular weight is 923 g/mol. The van der Waals surface area contributed by atoms with Crippen LogP contribution in [0.5, 0.6) is 11.5 Å². The van der Waals surface area contributed by atoms with Crippen LogP contribution in [0.2, 0.25) is 0 Å². The zero-order chi connectivity index (χ0) is 48.9. The monoisotopic (exact) mass is 923 g/mol. The average Bonchev–Trinajstić information content (AvgIpc) is 3.76. The highest BCUT2D eigenvalue weighted by Crippen LogP contribution is 2.57. The summed E-state index contributed by atoms with van der Waals surface area (Å²) in [5.74, 6) is 1.97. The Kier molecular flexibility index (Phi) is 10.0. The lowest BCUT2D eigenvalue weighted by Gasteiger charge is -2.41. The number of aryl methyl sites for hydroxylation is 1. The molecular formula is C64H67BN2OS. The molecule has 0 bridgehead atoms. The predicted molar refractivity (Wildman–Crippen MR) is 299 cm³/mol. The molecule has 1 aliphatic carbocycles. The SMILES string of the molecule is Cc1cc2c3c(c1)N(c1cc4c(c(N(c5ccc(C(C)(C)C)cc5)c5ccc(C(C)(C)C)cc5)c1)C(C)(C)c1ccccc1-4)c1ccc(C(C)(C)C)cc1B3c1sc3ccc(C(C)(C)C)cc3c1O2.